The highest BCUT2D eigenvalue weighted by atomic mass is 35.5. The summed E-state index contributed by atoms with van der Waals surface area (Å²) in [6.45, 7) is 0. The van der Waals surface area contributed by atoms with Crippen molar-refractivity contribution in [1.29, 1.82) is 0 Å². The molecule has 4 heteroatoms. The van der Waals surface area contributed by atoms with Crippen LogP contribution in [0.2, 0.25) is 10.0 Å². The van der Waals surface area contributed by atoms with Gasteiger partial charge in [0.25, 0.3) is 0 Å². The number of aliphatic hydroxyl groups is 1. The van der Waals surface area contributed by atoms with E-state index >= 15 is 0 Å². The van der Waals surface area contributed by atoms with Gasteiger partial charge in [-0.3, -0.25) is 4.98 Å². The van der Waals surface area contributed by atoms with Crippen LogP contribution in [-0.2, 0) is 6.42 Å². The molecule has 0 amide bonds. The molecule has 21 heavy (non-hydrogen) atoms. The number of halogens is 2. The Kier molecular flexibility index (Phi) is 4.11. The van der Waals surface area contributed by atoms with Gasteiger partial charge in [-0.05, 0) is 23.8 Å². The molecule has 2 aromatic carbocycles. The van der Waals surface area contributed by atoms with Crippen LogP contribution >= 0.6 is 23.2 Å². The standard InChI is InChI=1S/C17H13Cl2NO/c18-14-7-2-8-15(19)13(14)10-16(21)12-6-1-4-11-5-3-9-20-17(11)12/h1-9,16,21H,10H2. The molecule has 1 unspecified atom stereocenters. The van der Waals surface area contributed by atoms with E-state index in [1.54, 1.807) is 24.4 Å². The van der Waals surface area contributed by atoms with Crippen molar-refractivity contribution in [1.82, 2.24) is 4.98 Å². The molecule has 0 aliphatic heterocycles. The van der Waals surface area contributed by atoms with Crippen LogP contribution in [0.1, 0.15) is 17.2 Å². The maximum atomic E-state index is 10.6. The molecule has 3 rings (SSSR count). The second-order valence-electron chi connectivity index (χ2n) is 4.84. The normalized spacial score (nSPS) is 12.5. The van der Waals surface area contributed by atoms with Crippen LogP contribution in [0.3, 0.4) is 0 Å². The number of aliphatic hydroxyl groups excluding tert-OH is 1. The summed E-state index contributed by atoms with van der Waals surface area (Å²) in [4.78, 5) is 4.36. The van der Waals surface area contributed by atoms with E-state index in [0.717, 1.165) is 22.0 Å². The molecule has 1 N–H and O–H groups in total. The second kappa shape index (κ2) is 6.02. The lowest BCUT2D eigenvalue weighted by Crippen LogP contribution is -2.04. The Bertz CT molecular complexity index is 763. The van der Waals surface area contributed by atoms with Crippen LogP contribution in [0, 0.1) is 0 Å². The van der Waals surface area contributed by atoms with Gasteiger partial charge in [-0.15, -0.1) is 0 Å². The fourth-order valence-corrected chi connectivity index (χ4v) is 2.98. The highest BCUT2D eigenvalue weighted by Crippen LogP contribution is 2.31. The van der Waals surface area contributed by atoms with Gasteiger partial charge in [0.15, 0.2) is 0 Å². The van der Waals surface area contributed by atoms with Crippen molar-refractivity contribution in [2.24, 2.45) is 0 Å². The van der Waals surface area contributed by atoms with Gasteiger partial charge >= 0.3 is 0 Å². The van der Waals surface area contributed by atoms with Crippen molar-refractivity contribution >= 4 is 34.1 Å². The number of rotatable bonds is 3. The third-order valence-electron chi connectivity index (χ3n) is 3.48. The molecule has 0 spiro atoms. The number of hydrogen-bond donors (Lipinski definition) is 1. The molecule has 0 saturated carbocycles. The fraction of sp³-hybridized carbons (Fsp3) is 0.118. The first-order valence-corrected chi connectivity index (χ1v) is 7.37. The van der Waals surface area contributed by atoms with Gasteiger partial charge in [0, 0.05) is 33.6 Å². The highest BCUT2D eigenvalue weighted by Gasteiger charge is 2.16. The molecule has 0 fully saturated rings. The first-order chi connectivity index (χ1) is 10.2. The molecule has 0 aliphatic rings. The van der Waals surface area contributed by atoms with Crippen LogP contribution in [0.25, 0.3) is 10.9 Å². The number of fused-ring (bicyclic) bond motifs is 1. The van der Waals surface area contributed by atoms with Crippen molar-refractivity contribution in [3.8, 4) is 0 Å². The number of aromatic nitrogens is 1. The SMILES string of the molecule is OC(Cc1c(Cl)cccc1Cl)c1cccc2cccnc12. The zero-order valence-electron chi connectivity index (χ0n) is 11.1. The van der Waals surface area contributed by atoms with Crippen molar-refractivity contribution < 1.29 is 5.11 Å². The smallest absolute Gasteiger partial charge is 0.0852 e. The lowest BCUT2D eigenvalue weighted by molar-refractivity contribution is 0.180. The number of pyridine rings is 1. The summed E-state index contributed by atoms with van der Waals surface area (Å²) in [6, 6.07) is 15.0. The summed E-state index contributed by atoms with van der Waals surface area (Å²) in [5.41, 5.74) is 2.33. The highest BCUT2D eigenvalue weighted by molar-refractivity contribution is 6.36. The number of hydrogen-bond acceptors (Lipinski definition) is 2. The first kappa shape index (κ1) is 14.3. The number of benzene rings is 2. The van der Waals surface area contributed by atoms with Gasteiger partial charge < -0.3 is 5.11 Å². The van der Waals surface area contributed by atoms with Gasteiger partial charge in [-0.1, -0.05) is 53.5 Å². The van der Waals surface area contributed by atoms with E-state index in [1.165, 1.54) is 0 Å². The van der Waals surface area contributed by atoms with Crippen LogP contribution in [0.15, 0.2) is 54.7 Å². The maximum absolute atomic E-state index is 10.6. The first-order valence-electron chi connectivity index (χ1n) is 6.61. The predicted octanol–water partition coefficient (Wildman–Crippen LogP) is 4.82. The quantitative estimate of drug-likeness (QED) is 0.751. The van der Waals surface area contributed by atoms with Gasteiger partial charge in [0.2, 0.25) is 0 Å². The van der Waals surface area contributed by atoms with E-state index in [2.05, 4.69) is 4.98 Å². The average Bonchev–Trinajstić information content (AvgIpc) is 2.50. The van der Waals surface area contributed by atoms with Crippen LogP contribution in [0.5, 0.6) is 0 Å². The third kappa shape index (κ3) is 2.88. The number of para-hydroxylation sites is 1. The van der Waals surface area contributed by atoms with Crippen molar-refractivity contribution in [3.05, 3.63) is 75.9 Å². The Hall–Kier alpha value is -1.61. The molecule has 2 nitrogen and oxygen atoms in total. The second-order valence-corrected chi connectivity index (χ2v) is 5.66. The summed E-state index contributed by atoms with van der Waals surface area (Å²) in [5, 5.41) is 12.7. The number of nitrogens with zero attached hydrogens (tertiary/aromatic N) is 1. The van der Waals surface area contributed by atoms with Gasteiger partial charge in [0.05, 0.1) is 11.6 Å². The molecule has 1 heterocycles. The summed E-state index contributed by atoms with van der Waals surface area (Å²) in [5.74, 6) is 0. The Morgan fingerprint density at radius 2 is 1.62 bits per heavy atom. The minimum Gasteiger partial charge on any atom is -0.388 e. The van der Waals surface area contributed by atoms with Gasteiger partial charge in [-0.25, -0.2) is 0 Å². The summed E-state index contributed by atoms with van der Waals surface area (Å²) in [7, 11) is 0. The van der Waals surface area contributed by atoms with Crippen LogP contribution in [0.4, 0.5) is 0 Å². The maximum Gasteiger partial charge on any atom is 0.0852 e. The molecule has 0 saturated heterocycles. The van der Waals surface area contributed by atoms with E-state index in [4.69, 9.17) is 23.2 Å². The molecule has 0 bridgehead atoms. The van der Waals surface area contributed by atoms with E-state index in [-0.39, 0.29) is 0 Å². The van der Waals surface area contributed by atoms with Crippen molar-refractivity contribution in [3.63, 3.8) is 0 Å². The lowest BCUT2D eigenvalue weighted by atomic mass is 9.99. The summed E-state index contributed by atoms with van der Waals surface area (Å²) in [6.07, 6.45) is 1.37. The summed E-state index contributed by atoms with van der Waals surface area (Å²) >= 11 is 12.3. The molecule has 1 aromatic heterocycles. The minimum atomic E-state index is -0.707. The Morgan fingerprint density at radius 3 is 2.38 bits per heavy atom. The predicted molar refractivity (Wildman–Crippen MR) is 86.9 cm³/mol. The Balaban J connectivity index is 2.00. The fourth-order valence-electron chi connectivity index (χ4n) is 2.43. The molecule has 1 atom stereocenters. The minimum absolute atomic E-state index is 0.355. The van der Waals surface area contributed by atoms with E-state index in [9.17, 15) is 5.11 Å². The van der Waals surface area contributed by atoms with Gasteiger partial charge in [-0.2, -0.15) is 0 Å². The van der Waals surface area contributed by atoms with Crippen LogP contribution in [-0.4, -0.2) is 10.1 Å². The van der Waals surface area contributed by atoms with E-state index in [1.807, 2.05) is 30.3 Å². The topological polar surface area (TPSA) is 33.1 Å². The monoisotopic (exact) mass is 317 g/mol. The van der Waals surface area contributed by atoms with Crippen LogP contribution < -0.4 is 0 Å². The molecule has 0 radical (unpaired) electrons. The third-order valence-corrected chi connectivity index (χ3v) is 4.19. The van der Waals surface area contributed by atoms with Gasteiger partial charge in [0.1, 0.15) is 0 Å². The molecular formula is C17H13Cl2NO. The molecular weight excluding hydrogens is 305 g/mol. The molecule has 106 valence electrons. The van der Waals surface area contributed by atoms with E-state index in [0.29, 0.717) is 16.5 Å². The largest absolute Gasteiger partial charge is 0.388 e. The lowest BCUT2D eigenvalue weighted by Gasteiger charge is -2.15. The van der Waals surface area contributed by atoms with Crippen molar-refractivity contribution in [2.75, 3.05) is 0 Å². The summed E-state index contributed by atoms with van der Waals surface area (Å²) < 4.78 is 0. The van der Waals surface area contributed by atoms with Crippen molar-refractivity contribution in [2.45, 2.75) is 12.5 Å². The zero-order chi connectivity index (χ0) is 14.8. The van der Waals surface area contributed by atoms with E-state index < -0.39 is 6.10 Å². The Labute approximate surface area is 133 Å². The Morgan fingerprint density at radius 1 is 0.952 bits per heavy atom. The average molecular weight is 318 g/mol. The zero-order valence-corrected chi connectivity index (χ0v) is 12.6. The molecule has 3 aromatic rings. The molecule has 0 aliphatic carbocycles.